The number of rotatable bonds is 5. The van der Waals surface area contributed by atoms with E-state index in [1.54, 1.807) is 0 Å². The molecule has 1 fully saturated rings. The van der Waals surface area contributed by atoms with Gasteiger partial charge in [-0.2, -0.15) is 16.9 Å². The molecule has 0 bridgehead atoms. The van der Waals surface area contributed by atoms with E-state index in [-0.39, 0.29) is 0 Å². The van der Waals surface area contributed by atoms with Crippen LogP contribution in [0.25, 0.3) is 5.69 Å². The maximum absolute atomic E-state index is 4.38. The molecular formula is C17H23N3S. The van der Waals surface area contributed by atoms with Crippen molar-refractivity contribution in [3.63, 3.8) is 0 Å². The molecule has 0 N–H and O–H groups in total. The van der Waals surface area contributed by atoms with Gasteiger partial charge in [-0.15, -0.1) is 0 Å². The van der Waals surface area contributed by atoms with Crippen molar-refractivity contribution in [2.24, 2.45) is 0 Å². The third-order valence-electron chi connectivity index (χ3n) is 4.45. The Bertz CT molecular complexity index is 567. The fraction of sp³-hybridized carbons (Fsp3) is 0.471. The van der Waals surface area contributed by atoms with E-state index in [1.165, 1.54) is 30.5 Å². The van der Waals surface area contributed by atoms with Gasteiger partial charge in [0.15, 0.2) is 0 Å². The van der Waals surface area contributed by atoms with E-state index in [1.807, 2.05) is 34.9 Å². The highest BCUT2D eigenvalue weighted by atomic mass is 32.2. The molecule has 3 nitrogen and oxygen atoms in total. The Hall–Kier alpha value is -1.26. The van der Waals surface area contributed by atoms with Gasteiger partial charge >= 0.3 is 0 Å². The molecule has 0 amide bonds. The van der Waals surface area contributed by atoms with Crippen LogP contribution < -0.4 is 0 Å². The SMILES string of the molecule is CS[C@@H]1CCC[C@H]1N(C)Cc1ccccc1-n1cccn1. The van der Waals surface area contributed by atoms with Gasteiger partial charge in [0.05, 0.1) is 5.69 Å². The van der Waals surface area contributed by atoms with E-state index in [4.69, 9.17) is 0 Å². The molecule has 1 aromatic carbocycles. The number of benzene rings is 1. The Kier molecular flexibility index (Phi) is 4.66. The second-order valence-electron chi connectivity index (χ2n) is 5.77. The van der Waals surface area contributed by atoms with Gasteiger partial charge in [0, 0.05) is 30.2 Å². The molecule has 1 aliphatic rings. The second kappa shape index (κ2) is 6.67. The standard InChI is InChI=1S/C17H23N3S/c1-19(16-9-5-10-17(16)21-2)13-14-7-3-4-8-15(14)20-12-6-11-18-20/h3-4,6-8,11-12,16-17H,5,9-10,13H2,1-2H3/t16-,17-/m1/s1. The van der Waals surface area contributed by atoms with Crippen LogP contribution in [-0.4, -0.2) is 39.3 Å². The molecule has 3 rings (SSSR count). The number of hydrogen-bond acceptors (Lipinski definition) is 3. The minimum atomic E-state index is 0.700. The van der Waals surface area contributed by atoms with Crippen molar-refractivity contribution >= 4 is 11.8 Å². The second-order valence-corrected chi connectivity index (χ2v) is 6.84. The van der Waals surface area contributed by atoms with Crippen LogP contribution in [0, 0.1) is 0 Å². The third kappa shape index (κ3) is 3.16. The third-order valence-corrected chi connectivity index (χ3v) is 5.60. The van der Waals surface area contributed by atoms with Crippen LogP contribution >= 0.6 is 11.8 Å². The van der Waals surface area contributed by atoms with Gasteiger partial charge in [-0.25, -0.2) is 4.68 Å². The highest BCUT2D eigenvalue weighted by Gasteiger charge is 2.29. The molecule has 21 heavy (non-hydrogen) atoms. The van der Waals surface area contributed by atoms with Gasteiger partial charge in [-0.3, -0.25) is 4.90 Å². The van der Waals surface area contributed by atoms with Gasteiger partial charge < -0.3 is 0 Å². The average Bonchev–Trinajstić information content (AvgIpc) is 3.19. The summed E-state index contributed by atoms with van der Waals surface area (Å²) < 4.78 is 1.96. The summed E-state index contributed by atoms with van der Waals surface area (Å²) in [5, 5.41) is 5.16. The highest BCUT2D eigenvalue weighted by molar-refractivity contribution is 7.99. The van der Waals surface area contributed by atoms with Crippen molar-refractivity contribution in [1.29, 1.82) is 0 Å². The minimum Gasteiger partial charge on any atom is -0.298 e. The normalized spacial score (nSPS) is 22.0. The quantitative estimate of drug-likeness (QED) is 0.842. The predicted octanol–water partition coefficient (Wildman–Crippen LogP) is 3.59. The van der Waals surface area contributed by atoms with Gasteiger partial charge in [0.2, 0.25) is 0 Å². The molecule has 0 unspecified atom stereocenters. The summed E-state index contributed by atoms with van der Waals surface area (Å²) in [5.41, 5.74) is 2.53. The average molecular weight is 301 g/mol. The van der Waals surface area contributed by atoms with Crippen LogP contribution in [-0.2, 0) is 6.54 Å². The van der Waals surface area contributed by atoms with Crippen LogP contribution in [0.3, 0.4) is 0 Å². The first-order valence-electron chi connectivity index (χ1n) is 7.60. The molecule has 0 saturated heterocycles. The van der Waals surface area contributed by atoms with E-state index in [2.05, 4.69) is 47.6 Å². The maximum atomic E-state index is 4.38. The van der Waals surface area contributed by atoms with E-state index >= 15 is 0 Å². The van der Waals surface area contributed by atoms with Gasteiger partial charge in [0.1, 0.15) is 0 Å². The summed E-state index contributed by atoms with van der Waals surface area (Å²) >= 11 is 2.02. The number of nitrogens with zero attached hydrogens (tertiary/aromatic N) is 3. The lowest BCUT2D eigenvalue weighted by atomic mass is 10.1. The number of thioether (sulfide) groups is 1. The minimum absolute atomic E-state index is 0.700. The summed E-state index contributed by atoms with van der Waals surface area (Å²) in [7, 11) is 2.26. The summed E-state index contributed by atoms with van der Waals surface area (Å²) in [5.74, 6) is 0. The zero-order valence-electron chi connectivity index (χ0n) is 12.8. The largest absolute Gasteiger partial charge is 0.298 e. The van der Waals surface area contributed by atoms with E-state index in [9.17, 15) is 0 Å². The van der Waals surface area contributed by atoms with Crippen molar-refractivity contribution in [1.82, 2.24) is 14.7 Å². The first-order valence-corrected chi connectivity index (χ1v) is 8.89. The molecule has 4 heteroatoms. The van der Waals surface area contributed by atoms with Crippen LogP contribution in [0.15, 0.2) is 42.7 Å². The van der Waals surface area contributed by atoms with Crippen LogP contribution in [0.1, 0.15) is 24.8 Å². The zero-order valence-corrected chi connectivity index (χ0v) is 13.6. The van der Waals surface area contributed by atoms with E-state index < -0.39 is 0 Å². The molecule has 1 saturated carbocycles. The first-order chi connectivity index (χ1) is 10.3. The molecule has 1 aliphatic carbocycles. The summed E-state index contributed by atoms with van der Waals surface area (Å²) in [4.78, 5) is 2.52. The number of hydrogen-bond donors (Lipinski definition) is 0. The summed E-state index contributed by atoms with van der Waals surface area (Å²) in [6.07, 6.45) is 10.1. The summed E-state index contributed by atoms with van der Waals surface area (Å²) in [6, 6.07) is 11.2. The molecule has 1 heterocycles. The van der Waals surface area contributed by atoms with Crippen molar-refractivity contribution < 1.29 is 0 Å². The van der Waals surface area contributed by atoms with E-state index in [0.29, 0.717) is 6.04 Å². The Morgan fingerprint density at radius 3 is 2.90 bits per heavy atom. The van der Waals surface area contributed by atoms with Gasteiger partial charge in [-0.1, -0.05) is 24.6 Å². The molecule has 112 valence electrons. The topological polar surface area (TPSA) is 21.1 Å². The lowest BCUT2D eigenvalue weighted by molar-refractivity contribution is 0.241. The molecule has 2 aromatic rings. The van der Waals surface area contributed by atoms with Crippen molar-refractivity contribution in [3.05, 3.63) is 48.3 Å². The molecule has 0 spiro atoms. The number of para-hydroxylation sites is 1. The van der Waals surface area contributed by atoms with Crippen molar-refractivity contribution in [2.75, 3.05) is 13.3 Å². The zero-order chi connectivity index (χ0) is 14.7. The van der Waals surface area contributed by atoms with Crippen LogP contribution in [0.5, 0.6) is 0 Å². The Balaban J connectivity index is 1.79. The fourth-order valence-electron chi connectivity index (χ4n) is 3.35. The number of aromatic nitrogens is 2. The maximum Gasteiger partial charge on any atom is 0.0690 e. The van der Waals surface area contributed by atoms with Crippen molar-refractivity contribution in [2.45, 2.75) is 37.1 Å². The first kappa shape index (κ1) is 14.7. The fourth-order valence-corrected chi connectivity index (χ4v) is 4.41. The monoisotopic (exact) mass is 301 g/mol. The van der Waals surface area contributed by atoms with Crippen LogP contribution in [0.4, 0.5) is 0 Å². The Labute approximate surface area is 131 Å². The summed E-state index contributed by atoms with van der Waals surface area (Å²) in [6.45, 7) is 0.984. The predicted molar refractivity (Wildman–Crippen MR) is 90.0 cm³/mol. The smallest absolute Gasteiger partial charge is 0.0690 e. The molecule has 1 aromatic heterocycles. The lowest BCUT2D eigenvalue weighted by Gasteiger charge is -2.29. The Morgan fingerprint density at radius 1 is 1.29 bits per heavy atom. The highest BCUT2D eigenvalue weighted by Crippen LogP contribution is 2.32. The molecule has 2 atom stereocenters. The van der Waals surface area contributed by atoms with Gasteiger partial charge in [-0.05, 0) is 43.8 Å². The van der Waals surface area contributed by atoms with Crippen molar-refractivity contribution in [3.8, 4) is 5.69 Å². The van der Waals surface area contributed by atoms with Crippen LogP contribution in [0.2, 0.25) is 0 Å². The Morgan fingerprint density at radius 2 is 2.14 bits per heavy atom. The molecule has 0 radical (unpaired) electrons. The molecular weight excluding hydrogens is 278 g/mol. The van der Waals surface area contributed by atoms with Gasteiger partial charge in [0.25, 0.3) is 0 Å². The lowest BCUT2D eigenvalue weighted by Crippen LogP contribution is -2.35. The molecule has 0 aliphatic heterocycles. The van der Waals surface area contributed by atoms with E-state index in [0.717, 1.165) is 11.8 Å².